The van der Waals surface area contributed by atoms with E-state index in [4.69, 9.17) is 56.2 Å². The molecule has 0 fully saturated rings. The Kier molecular flexibility index (Phi) is 6.14. The maximum absolute atomic E-state index is 4.98. The second-order valence-corrected chi connectivity index (χ2v) is 18.9. The van der Waals surface area contributed by atoms with Crippen molar-refractivity contribution in [2.75, 3.05) is 0 Å². The van der Waals surface area contributed by atoms with E-state index in [1.54, 1.807) is 0 Å². The molecule has 0 spiro atoms. The first-order valence-electron chi connectivity index (χ1n) is 3.45. The molecule has 0 aliphatic heterocycles. The first kappa shape index (κ1) is 14.8. The number of hydrogen-bond acceptors (Lipinski definition) is 0. The van der Waals surface area contributed by atoms with E-state index >= 15 is 0 Å². The molecule has 0 amide bonds. The Balaban J connectivity index is 0.000000255. The Morgan fingerprint density at radius 3 is 1.50 bits per heavy atom. The number of halogens is 5. The Hall–Kier alpha value is 0.840. The van der Waals surface area contributed by atoms with Crippen LogP contribution in [0.3, 0.4) is 0 Å². The molecule has 1 aromatic rings. The SMILES string of the molecule is C=Cc1ccccc1.ClP(Cl)(Cl)(Cl)Cl. The second-order valence-electron chi connectivity index (χ2n) is 2.25. The van der Waals surface area contributed by atoms with E-state index in [0.29, 0.717) is 0 Å². The van der Waals surface area contributed by atoms with Gasteiger partial charge in [0.2, 0.25) is 0 Å². The van der Waals surface area contributed by atoms with Crippen molar-refractivity contribution in [3.8, 4) is 0 Å². The monoisotopic (exact) mass is 310 g/mol. The molecule has 0 atom stereocenters. The van der Waals surface area contributed by atoms with Crippen molar-refractivity contribution in [3.05, 3.63) is 42.5 Å². The molecule has 0 aliphatic carbocycles. The fraction of sp³-hybridized carbons (Fsp3) is 0. The average Bonchev–Trinajstić information content (AvgIpc) is 2.01. The molecular weight excluding hydrogens is 304 g/mol. The van der Waals surface area contributed by atoms with Crippen LogP contribution in [0.2, 0.25) is 0 Å². The Labute approximate surface area is 108 Å². The quantitative estimate of drug-likeness (QED) is 0.510. The average molecular weight is 312 g/mol. The summed E-state index contributed by atoms with van der Waals surface area (Å²) in [6.45, 7) is 3.63. The molecule has 0 nitrogen and oxygen atoms in total. The minimum atomic E-state index is -3.69. The summed E-state index contributed by atoms with van der Waals surface area (Å²) in [6, 6.07) is 10.0. The molecule has 0 unspecified atom stereocenters. The molecule has 1 aromatic carbocycles. The zero-order valence-electron chi connectivity index (χ0n) is 7.01. The van der Waals surface area contributed by atoms with Gasteiger partial charge in [-0.3, -0.25) is 0 Å². The van der Waals surface area contributed by atoms with Gasteiger partial charge in [0.15, 0.2) is 0 Å². The number of hydrogen-bond donors (Lipinski definition) is 0. The third kappa shape index (κ3) is 15.3. The molecule has 0 bridgehead atoms. The van der Waals surface area contributed by atoms with Crippen molar-refractivity contribution in [2.24, 2.45) is 0 Å². The van der Waals surface area contributed by atoms with Crippen molar-refractivity contribution in [2.45, 2.75) is 0 Å². The fourth-order valence-electron chi connectivity index (χ4n) is 0.589. The van der Waals surface area contributed by atoms with Crippen molar-refractivity contribution in [3.63, 3.8) is 0 Å². The Morgan fingerprint density at radius 1 is 0.929 bits per heavy atom. The summed E-state index contributed by atoms with van der Waals surface area (Å²) in [5.74, 6) is 0. The van der Waals surface area contributed by atoms with Gasteiger partial charge in [-0.2, -0.15) is 0 Å². The van der Waals surface area contributed by atoms with Gasteiger partial charge in [-0.25, -0.2) is 0 Å². The van der Waals surface area contributed by atoms with Gasteiger partial charge in [0, 0.05) is 0 Å². The van der Waals surface area contributed by atoms with Crippen LogP contribution in [0.25, 0.3) is 6.08 Å². The molecular formula is C8H8Cl5P. The number of benzene rings is 1. The summed E-state index contributed by atoms with van der Waals surface area (Å²) in [5, 5.41) is 0. The molecule has 0 aromatic heterocycles. The molecule has 0 heterocycles. The minimum absolute atomic E-state index is 1.17. The van der Waals surface area contributed by atoms with Crippen molar-refractivity contribution >= 4 is 65.6 Å². The zero-order valence-corrected chi connectivity index (χ0v) is 11.7. The summed E-state index contributed by atoms with van der Waals surface area (Å²) >= 11 is 24.9. The predicted molar refractivity (Wildman–Crippen MR) is 72.7 cm³/mol. The molecule has 6 heteroatoms. The first-order valence-corrected chi connectivity index (χ1v) is 10.2. The van der Waals surface area contributed by atoms with Crippen LogP contribution in [0.4, 0.5) is 0 Å². The normalized spacial score (nSPS) is 13.1. The third-order valence-corrected chi connectivity index (χ3v) is 1.04. The summed E-state index contributed by atoms with van der Waals surface area (Å²) in [6.07, 6.45) is 1.83. The topological polar surface area (TPSA) is 0 Å². The van der Waals surface area contributed by atoms with Gasteiger partial charge >= 0.3 is 59.6 Å². The van der Waals surface area contributed by atoms with E-state index in [2.05, 4.69) is 6.58 Å². The van der Waals surface area contributed by atoms with Crippen LogP contribution in [0, 0.1) is 0 Å². The Bertz CT molecular complexity index is 271. The fourth-order valence-corrected chi connectivity index (χ4v) is 0.589. The van der Waals surface area contributed by atoms with Crippen LogP contribution in [0.5, 0.6) is 0 Å². The van der Waals surface area contributed by atoms with Crippen LogP contribution in [0.15, 0.2) is 36.9 Å². The van der Waals surface area contributed by atoms with Crippen LogP contribution in [-0.2, 0) is 0 Å². The van der Waals surface area contributed by atoms with Crippen LogP contribution in [-0.4, -0.2) is 0 Å². The van der Waals surface area contributed by atoms with E-state index in [1.165, 1.54) is 5.56 Å². The van der Waals surface area contributed by atoms with Crippen LogP contribution < -0.4 is 0 Å². The zero-order chi connectivity index (χ0) is 11.3. The van der Waals surface area contributed by atoms with Crippen LogP contribution in [0.1, 0.15) is 5.56 Å². The van der Waals surface area contributed by atoms with E-state index in [0.717, 1.165) is 0 Å². The number of rotatable bonds is 1. The summed E-state index contributed by atoms with van der Waals surface area (Å²) in [7, 11) is 0. The first-order chi connectivity index (χ1) is 6.17. The summed E-state index contributed by atoms with van der Waals surface area (Å²) in [4.78, 5) is 0. The standard InChI is InChI=1S/C8H8.Cl5P/c1-2-8-6-4-3-5-7-8;1-6(2,3,4)5/h2-7H,1H2;. The summed E-state index contributed by atoms with van der Waals surface area (Å²) in [5.41, 5.74) is 1.17. The molecule has 80 valence electrons. The van der Waals surface area contributed by atoms with Gasteiger partial charge in [-0.05, 0) is 5.56 Å². The van der Waals surface area contributed by atoms with Gasteiger partial charge in [0.25, 0.3) is 0 Å². The van der Waals surface area contributed by atoms with E-state index in [1.807, 2.05) is 36.4 Å². The molecule has 0 saturated heterocycles. The van der Waals surface area contributed by atoms with E-state index in [9.17, 15) is 0 Å². The molecule has 1 rings (SSSR count). The Morgan fingerprint density at radius 2 is 1.29 bits per heavy atom. The predicted octanol–water partition coefficient (Wildman–Crippen LogP) is 6.64. The van der Waals surface area contributed by atoms with E-state index in [-0.39, 0.29) is 0 Å². The summed E-state index contributed by atoms with van der Waals surface area (Å²) < 4.78 is -3.69. The molecule has 0 N–H and O–H groups in total. The maximum atomic E-state index is 4.98. The van der Waals surface area contributed by atoms with Crippen molar-refractivity contribution in [1.82, 2.24) is 0 Å². The van der Waals surface area contributed by atoms with Gasteiger partial charge < -0.3 is 0 Å². The second kappa shape index (κ2) is 5.80. The molecule has 0 radical (unpaired) electrons. The van der Waals surface area contributed by atoms with Crippen LogP contribution >= 0.6 is 59.6 Å². The molecule has 0 saturated carbocycles. The van der Waals surface area contributed by atoms with Gasteiger partial charge in [0.1, 0.15) is 0 Å². The third-order valence-electron chi connectivity index (χ3n) is 1.04. The van der Waals surface area contributed by atoms with Gasteiger partial charge in [-0.1, -0.05) is 43.0 Å². The van der Waals surface area contributed by atoms with Gasteiger partial charge in [0.05, 0.1) is 0 Å². The van der Waals surface area contributed by atoms with Crippen molar-refractivity contribution in [1.29, 1.82) is 0 Å². The molecule has 0 aliphatic rings. The van der Waals surface area contributed by atoms with E-state index < -0.39 is 3.37 Å². The van der Waals surface area contributed by atoms with Gasteiger partial charge in [-0.15, -0.1) is 0 Å². The molecule has 14 heavy (non-hydrogen) atoms. The van der Waals surface area contributed by atoms with Crippen molar-refractivity contribution < 1.29 is 0 Å².